The maximum Gasteiger partial charge on any atom is 0.410 e. The Labute approximate surface area is 152 Å². The largest absolute Gasteiger partial charge is 0.455 e. The molecule has 0 aromatic heterocycles. The van der Waals surface area contributed by atoms with E-state index in [-0.39, 0.29) is 23.3 Å². The zero-order chi connectivity index (χ0) is 18.2. The molecule has 0 aromatic rings. The van der Waals surface area contributed by atoms with Gasteiger partial charge in [-0.3, -0.25) is 0 Å². The summed E-state index contributed by atoms with van der Waals surface area (Å²) in [6, 6.07) is 0. The Hall–Kier alpha value is -1.47. The highest BCUT2D eigenvalue weighted by molar-refractivity contribution is 6.42. The number of carbonyl (C=O) groups is 2. The standard InChI is InChI=1S/C17H25ClN2O5/c1-16(2,3)25-15(22)19-6-4-17(5-7-19)11-20(8-9-24-17)12-10-23-14(21)13(12)18/h4-11H2,1-3H3. The molecule has 3 rings (SSSR count). The fourth-order valence-electron chi connectivity index (χ4n) is 3.41. The molecular formula is C17H25ClN2O5. The van der Waals surface area contributed by atoms with E-state index < -0.39 is 11.6 Å². The van der Waals surface area contributed by atoms with Gasteiger partial charge in [-0.05, 0) is 33.6 Å². The van der Waals surface area contributed by atoms with Crippen molar-refractivity contribution in [2.75, 3.05) is 39.4 Å². The first-order valence-corrected chi connectivity index (χ1v) is 9.00. The van der Waals surface area contributed by atoms with Crippen LogP contribution in [0.15, 0.2) is 10.7 Å². The van der Waals surface area contributed by atoms with Gasteiger partial charge in [0, 0.05) is 26.2 Å². The van der Waals surface area contributed by atoms with Crippen molar-refractivity contribution in [2.45, 2.75) is 44.8 Å². The molecule has 25 heavy (non-hydrogen) atoms. The van der Waals surface area contributed by atoms with E-state index in [0.29, 0.717) is 32.8 Å². The Morgan fingerprint density at radius 2 is 1.92 bits per heavy atom. The number of nitrogens with zero attached hydrogens (tertiary/aromatic N) is 2. The summed E-state index contributed by atoms with van der Waals surface area (Å²) in [4.78, 5) is 27.5. The second-order valence-electron chi connectivity index (χ2n) is 7.76. The van der Waals surface area contributed by atoms with Gasteiger partial charge < -0.3 is 24.0 Å². The number of morpholine rings is 1. The van der Waals surface area contributed by atoms with Crippen molar-refractivity contribution in [3.05, 3.63) is 10.7 Å². The van der Waals surface area contributed by atoms with Gasteiger partial charge in [0.05, 0.1) is 17.9 Å². The van der Waals surface area contributed by atoms with E-state index in [4.69, 9.17) is 25.8 Å². The number of amides is 1. The third-order valence-corrected chi connectivity index (χ3v) is 5.10. The summed E-state index contributed by atoms with van der Waals surface area (Å²) in [6.45, 7) is 8.88. The molecule has 3 aliphatic rings. The Kier molecular flexibility index (Phi) is 4.90. The summed E-state index contributed by atoms with van der Waals surface area (Å²) in [5, 5.41) is 0.170. The van der Waals surface area contributed by atoms with Gasteiger partial charge in [-0.15, -0.1) is 0 Å². The van der Waals surface area contributed by atoms with E-state index in [2.05, 4.69) is 4.90 Å². The smallest absolute Gasteiger partial charge is 0.410 e. The average Bonchev–Trinajstić information content (AvgIpc) is 2.86. The summed E-state index contributed by atoms with van der Waals surface area (Å²) >= 11 is 6.07. The lowest BCUT2D eigenvalue weighted by molar-refractivity contribution is -0.136. The van der Waals surface area contributed by atoms with Crippen LogP contribution in [-0.4, -0.2) is 72.5 Å². The van der Waals surface area contributed by atoms with E-state index in [9.17, 15) is 9.59 Å². The van der Waals surface area contributed by atoms with Crippen LogP contribution in [0, 0.1) is 0 Å². The number of hydrogen-bond acceptors (Lipinski definition) is 6. The second-order valence-corrected chi connectivity index (χ2v) is 8.14. The molecule has 0 radical (unpaired) electrons. The highest BCUT2D eigenvalue weighted by atomic mass is 35.5. The van der Waals surface area contributed by atoms with Crippen LogP contribution in [0.2, 0.25) is 0 Å². The number of likely N-dealkylation sites (tertiary alicyclic amines) is 1. The predicted molar refractivity (Wildman–Crippen MR) is 91.1 cm³/mol. The highest BCUT2D eigenvalue weighted by Crippen LogP contribution is 2.34. The number of carbonyl (C=O) groups excluding carboxylic acids is 2. The van der Waals surface area contributed by atoms with Crippen LogP contribution in [0.3, 0.4) is 0 Å². The Morgan fingerprint density at radius 3 is 2.48 bits per heavy atom. The quantitative estimate of drug-likeness (QED) is 0.656. The van der Waals surface area contributed by atoms with Crippen LogP contribution in [0.5, 0.6) is 0 Å². The third kappa shape index (κ3) is 4.03. The molecule has 3 heterocycles. The molecule has 0 unspecified atom stereocenters. The molecule has 8 heteroatoms. The van der Waals surface area contributed by atoms with Crippen molar-refractivity contribution in [3.63, 3.8) is 0 Å². The van der Waals surface area contributed by atoms with E-state index in [1.54, 1.807) is 4.90 Å². The molecule has 140 valence electrons. The lowest BCUT2D eigenvalue weighted by Gasteiger charge is -2.48. The van der Waals surface area contributed by atoms with Gasteiger partial charge in [-0.1, -0.05) is 11.6 Å². The lowest BCUT2D eigenvalue weighted by Crippen LogP contribution is -2.57. The Bertz CT molecular complexity index is 590. The van der Waals surface area contributed by atoms with Crippen LogP contribution >= 0.6 is 11.6 Å². The zero-order valence-electron chi connectivity index (χ0n) is 15.0. The van der Waals surface area contributed by atoms with Crippen LogP contribution in [0.25, 0.3) is 0 Å². The normalized spacial score (nSPS) is 23.9. The van der Waals surface area contributed by atoms with E-state index in [0.717, 1.165) is 18.5 Å². The molecule has 0 aromatic carbocycles. The molecular weight excluding hydrogens is 348 g/mol. The molecule has 3 aliphatic heterocycles. The van der Waals surface area contributed by atoms with E-state index in [1.807, 2.05) is 20.8 Å². The summed E-state index contributed by atoms with van der Waals surface area (Å²) < 4.78 is 16.5. The SMILES string of the molecule is CC(C)(C)OC(=O)N1CCC2(CC1)CN(C1=C(Cl)C(=O)OC1)CCO2. The lowest BCUT2D eigenvalue weighted by atomic mass is 9.89. The maximum absolute atomic E-state index is 12.2. The first kappa shape index (κ1) is 18.3. The number of halogens is 1. The molecule has 1 spiro atoms. The summed E-state index contributed by atoms with van der Waals surface area (Å²) in [5.41, 5.74) is -0.0845. The summed E-state index contributed by atoms with van der Waals surface area (Å²) in [6.07, 6.45) is 1.17. The van der Waals surface area contributed by atoms with Crippen molar-refractivity contribution in [1.29, 1.82) is 0 Å². The molecule has 2 saturated heterocycles. The first-order valence-electron chi connectivity index (χ1n) is 8.62. The van der Waals surface area contributed by atoms with Gasteiger partial charge in [-0.25, -0.2) is 9.59 Å². The van der Waals surface area contributed by atoms with Gasteiger partial charge in [-0.2, -0.15) is 0 Å². The van der Waals surface area contributed by atoms with E-state index >= 15 is 0 Å². The van der Waals surface area contributed by atoms with Gasteiger partial charge in [0.2, 0.25) is 0 Å². The second kappa shape index (κ2) is 6.68. The Morgan fingerprint density at radius 1 is 1.24 bits per heavy atom. The monoisotopic (exact) mass is 372 g/mol. The van der Waals surface area contributed by atoms with Gasteiger partial charge in [0.25, 0.3) is 0 Å². The fourth-order valence-corrected chi connectivity index (χ4v) is 3.64. The van der Waals surface area contributed by atoms with Crippen molar-refractivity contribution >= 4 is 23.7 Å². The van der Waals surface area contributed by atoms with Gasteiger partial charge in [0.15, 0.2) is 0 Å². The molecule has 0 saturated carbocycles. The molecule has 0 bridgehead atoms. The minimum atomic E-state index is -0.497. The van der Waals surface area contributed by atoms with Crippen LogP contribution in [0.1, 0.15) is 33.6 Å². The van der Waals surface area contributed by atoms with Crippen molar-refractivity contribution in [3.8, 4) is 0 Å². The molecule has 1 amide bonds. The summed E-state index contributed by atoms with van der Waals surface area (Å²) in [5.74, 6) is -0.461. The number of cyclic esters (lactones) is 1. The predicted octanol–water partition coefficient (Wildman–Crippen LogP) is 2.10. The van der Waals surface area contributed by atoms with Crippen LogP contribution in [0.4, 0.5) is 4.79 Å². The van der Waals surface area contributed by atoms with Crippen molar-refractivity contribution < 1.29 is 23.8 Å². The average molecular weight is 373 g/mol. The number of rotatable bonds is 1. The van der Waals surface area contributed by atoms with Gasteiger partial charge in [0.1, 0.15) is 17.2 Å². The number of hydrogen-bond donors (Lipinski definition) is 0. The number of ether oxygens (including phenoxy) is 3. The number of piperidine rings is 1. The minimum Gasteiger partial charge on any atom is -0.455 e. The summed E-state index contributed by atoms with van der Waals surface area (Å²) in [7, 11) is 0. The molecule has 7 nitrogen and oxygen atoms in total. The molecule has 2 fully saturated rings. The first-order chi connectivity index (χ1) is 11.7. The van der Waals surface area contributed by atoms with Gasteiger partial charge >= 0.3 is 12.1 Å². The van der Waals surface area contributed by atoms with Crippen molar-refractivity contribution in [1.82, 2.24) is 9.80 Å². The van der Waals surface area contributed by atoms with E-state index in [1.165, 1.54) is 0 Å². The Balaban J connectivity index is 1.61. The highest BCUT2D eigenvalue weighted by Gasteiger charge is 2.43. The minimum absolute atomic E-state index is 0.170. The topological polar surface area (TPSA) is 68.3 Å². The van der Waals surface area contributed by atoms with Crippen LogP contribution < -0.4 is 0 Å². The third-order valence-electron chi connectivity index (χ3n) is 4.73. The van der Waals surface area contributed by atoms with Crippen molar-refractivity contribution in [2.24, 2.45) is 0 Å². The molecule has 0 aliphatic carbocycles. The molecule has 0 N–H and O–H groups in total. The molecule has 0 atom stereocenters. The maximum atomic E-state index is 12.2. The fraction of sp³-hybridized carbons (Fsp3) is 0.765. The number of esters is 1. The van der Waals surface area contributed by atoms with Crippen LogP contribution in [-0.2, 0) is 19.0 Å². The zero-order valence-corrected chi connectivity index (χ0v) is 15.7.